The molecule has 4 heteroatoms. The van der Waals surface area contributed by atoms with Crippen LogP contribution in [-0.2, 0) is 6.42 Å². The highest BCUT2D eigenvalue weighted by Gasteiger charge is 2.12. The summed E-state index contributed by atoms with van der Waals surface area (Å²) in [7, 11) is 0. The largest absolute Gasteiger partial charge is 0.405 e. The molecule has 2 aromatic heterocycles. The topological polar surface area (TPSA) is 77.8 Å². The second-order valence-electron chi connectivity index (χ2n) is 10.2. The number of nitrogens with two attached hydrogens (primary N) is 2. The summed E-state index contributed by atoms with van der Waals surface area (Å²) < 4.78 is 0. The third-order valence-electron chi connectivity index (χ3n) is 7.73. The van der Waals surface area contributed by atoms with Gasteiger partial charge in [-0.05, 0) is 116 Å². The first-order chi connectivity index (χ1) is 20.7. The summed E-state index contributed by atoms with van der Waals surface area (Å²) in [6.45, 7) is 1.99. The van der Waals surface area contributed by atoms with Crippen molar-refractivity contribution >= 4 is 43.5 Å². The van der Waals surface area contributed by atoms with E-state index in [1.807, 2.05) is 55.9 Å². The van der Waals surface area contributed by atoms with Gasteiger partial charge in [0.05, 0.1) is 5.69 Å². The molecule has 204 valence electrons. The lowest BCUT2D eigenvalue weighted by atomic mass is 9.90. The van der Waals surface area contributed by atoms with Gasteiger partial charge in [-0.25, -0.2) is 0 Å². The molecule has 0 aliphatic carbocycles. The quantitative estimate of drug-likeness (QED) is 0.156. The van der Waals surface area contributed by atoms with Crippen molar-refractivity contribution in [2.24, 2.45) is 11.5 Å². The highest BCUT2D eigenvalue weighted by atomic mass is 14.7. The van der Waals surface area contributed by atoms with Crippen LogP contribution in [0.2, 0.25) is 0 Å². The highest BCUT2D eigenvalue weighted by molar-refractivity contribution is 6.26. The first-order valence-corrected chi connectivity index (χ1v) is 14.1. The number of hydrogen-bond acceptors (Lipinski definition) is 4. The van der Waals surface area contributed by atoms with Gasteiger partial charge >= 0.3 is 0 Å². The smallest absolute Gasteiger partial charge is 0.0699 e. The predicted octanol–water partition coefficient (Wildman–Crippen LogP) is 8.58. The number of benzene rings is 4. The molecule has 2 heterocycles. The molecule has 0 unspecified atom stereocenters. The summed E-state index contributed by atoms with van der Waals surface area (Å²) >= 11 is 0. The zero-order chi connectivity index (χ0) is 28.9. The molecule has 6 aromatic rings. The Balaban J connectivity index is 1.41. The molecular formula is C38H32N4. The van der Waals surface area contributed by atoms with Crippen molar-refractivity contribution in [3.8, 4) is 11.1 Å². The van der Waals surface area contributed by atoms with E-state index in [-0.39, 0.29) is 0 Å². The fraction of sp³-hybridized carbons (Fsp3) is 0.0526. The lowest BCUT2D eigenvalue weighted by Crippen LogP contribution is -1.91. The lowest BCUT2D eigenvalue weighted by Gasteiger charge is -2.14. The molecule has 0 aliphatic rings. The lowest BCUT2D eigenvalue weighted by molar-refractivity contribution is 1.21. The minimum atomic E-state index is 0.822. The molecule has 0 bridgehead atoms. The van der Waals surface area contributed by atoms with E-state index in [1.54, 1.807) is 12.4 Å². The molecule has 0 fully saturated rings. The molecule has 4 nitrogen and oxygen atoms in total. The Morgan fingerprint density at radius 3 is 2.05 bits per heavy atom. The fourth-order valence-electron chi connectivity index (χ4n) is 5.57. The van der Waals surface area contributed by atoms with Gasteiger partial charge < -0.3 is 11.5 Å². The Labute approximate surface area is 246 Å². The van der Waals surface area contributed by atoms with Gasteiger partial charge in [-0.1, -0.05) is 72.8 Å². The van der Waals surface area contributed by atoms with Crippen molar-refractivity contribution in [1.82, 2.24) is 9.97 Å². The molecule has 0 spiro atoms. The van der Waals surface area contributed by atoms with Gasteiger partial charge in [0.1, 0.15) is 0 Å². The predicted molar refractivity (Wildman–Crippen MR) is 178 cm³/mol. The number of pyridine rings is 2. The Hall–Kier alpha value is -5.48. The molecular weight excluding hydrogens is 512 g/mol. The molecule has 4 N–H and O–H groups in total. The number of fused-ring (bicyclic) bond motifs is 6. The third kappa shape index (κ3) is 5.18. The number of nitrogens with zero attached hydrogens (tertiary/aromatic N) is 2. The van der Waals surface area contributed by atoms with Crippen LogP contribution in [0, 0.1) is 0 Å². The van der Waals surface area contributed by atoms with Crippen LogP contribution in [0.1, 0.15) is 23.7 Å². The van der Waals surface area contributed by atoms with E-state index in [0.717, 1.165) is 40.0 Å². The van der Waals surface area contributed by atoms with Crippen molar-refractivity contribution in [1.29, 1.82) is 0 Å². The summed E-state index contributed by atoms with van der Waals surface area (Å²) in [6, 6.07) is 30.2. The Kier molecular flexibility index (Phi) is 7.60. The van der Waals surface area contributed by atoms with Gasteiger partial charge in [-0.3, -0.25) is 9.97 Å². The van der Waals surface area contributed by atoms with Gasteiger partial charge in [-0.2, -0.15) is 0 Å². The van der Waals surface area contributed by atoms with Crippen molar-refractivity contribution < 1.29 is 0 Å². The van der Waals surface area contributed by atoms with Gasteiger partial charge in [0.2, 0.25) is 0 Å². The summed E-state index contributed by atoms with van der Waals surface area (Å²) in [5.41, 5.74) is 19.1. The summed E-state index contributed by atoms with van der Waals surface area (Å²) in [5, 5.41) is 7.31. The number of hydrogen-bond donors (Lipinski definition) is 2. The molecule has 42 heavy (non-hydrogen) atoms. The Morgan fingerprint density at radius 1 is 0.690 bits per heavy atom. The first-order valence-electron chi connectivity index (χ1n) is 14.1. The summed E-state index contributed by atoms with van der Waals surface area (Å²) in [5.74, 6) is 0. The standard InChI is InChI=1S/C38H32N4/c1-2-27(16-19-39)38-15-12-31(25-42-38)29-11-14-35-34-13-10-28(30(24-40)7-5-6-26-17-20-41-21-18-26)22-36(34)32-8-3-4-9-33(32)37(35)23-29/h2-5,7-25H,6,39-40H2,1H3/b7-5-,19-16-,27-2+,30-24+. The molecule has 0 atom stereocenters. The van der Waals surface area contributed by atoms with E-state index in [4.69, 9.17) is 16.5 Å². The zero-order valence-electron chi connectivity index (χ0n) is 23.5. The zero-order valence-corrected chi connectivity index (χ0v) is 23.5. The van der Waals surface area contributed by atoms with E-state index in [0.29, 0.717) is 0 Å². The number of aromatic nitrogens is 2. The maximum absolute atomic E-state index is 6.11. The van der Waals surface area contributed by atoms with Crippen LogP contribution in [-0.4, -0.2) is 9.97 Å². The molecule has 0 saturated heterocycles. The maximum atomic E-state index is 6.11. The molecule has 6 rings (SSSR count). The molecule has 0 aliphatic heterocycles. The second-order valence-corrected chi connectivity index (χ2v) is 10.2. The van der Waals surface area contributed by atoms with Crippen molar-refractivity contribution in [2.75, 3.05) is 0 Å². The minimum Gasteiger partial charge on any atom is -0.405 e. The van der Waals surface area contributed by atoms with Crippen LogP contribution in [0.15, 0.2) is 140 Å². The van der Waals surface area contributed by atoms with E-state index in [9.17, 15) is 0 Å². The van der Waals surface area contributed by atoms with Gasteiger partial charge in [0.15, 0.2) is 0 Å². The van der Waals surface area contributed by atoms with Crippen LogP contribution in [0.3, 0.4) is 0 Å². The van der Waals surface area contributed by atoms with Gasteiger partial charge in [0.25, 0.3) is 0 Å². The average molecular weight is 545 g/mol. The normalized spacial score (nSPS) is 12.8. The Morgan fingerprint density at radius 2 is 1.38 bits per heavy atom. The fourth-order valence-corrected chi connectivity index (χ4v) is 5.57. The molecule has 0 radical (unpaired) electrons. The van der Waals surface area contributed by atoms with E-state index in [1.165, 1.54) is 37.9 Å². The van der Waals surface area contributed by atoms with Crippen LogP contribution in [0.4, 0.5) is 0 Å². The third-order valence-corrected chi connectivity index (χ3v) is 7.73. The monoisotopic (exact) mass is 544 g/mol. The molecule has 0 amide bonds. The van der Waals surface area contributed by atoms with Crippen LogP contribution >= 0.6 is 0 Å². The van der Waals surface area contributed by atoms with Crippen LogP contribution in [0.25, 0.3) is 54.6 Å². The minimum absolute atomic E-state index is 0.822. The second kappa shape index (κ2) is 11.9. The summed E-state index contributed by atoms with van der Waals surface area (Å²) in [4.78, 5) is 8.81. The molecule has 0 saturated carbocycles. The summed E-state index contributed by atoms with van der Waals surface area (Å²) in [6.07, 6.45) is 17.7. The van der Waals surface area contributed by atoms with E-state index >= 15 is 0 Å². The van der Waals surface area contributed by atoms with Crippen molar-refractivity contribution in [3.05, 3.63) is 157 Å². The van der Waals surface area contributed by atoms with Crippen molar-refractivity contribution in [3.63, 3.8) is 0 Å². The van der Waals surface area contributed by atoms with Gasteiger partial charge in [0, 0.05) is 30.4 Å². The Bertz CT molecular complexity index is 1990. The van der Waals surface area contributed by atoms with E-state index < -0.39 is 0 Å². The van der Waals surface area contributed by atoms with Crippen LogP contribution < -0.4 is 11.5 Å². The van der Waals surface area contributed by atoms with Crippen molar-refractivity contribution in [2.45, 2.75) is 13.3 Å². The first kappa shape index (κ1) is 26.7. The number of rotatable bonds is 7. The van der Waals surface area contributed by atoms with E-state index in [2.05, 4.69) is 83.9 Å². The van der Waals surface area contributed by atoms with Gasteiger partial charge in [-0.15, -0.1) is 0 Å². The molecule has 4 aromatic carbocycles. The highest BCUT2D eigenvalue weighted by Crippen LogP contribution is 2.38. The average Bonchev–Trinajstić information content (AvgIpc) is 3.06. The number of allylic oxidation sites excluding steroid dienone is 6. The maximum Gasteiger partial charge on any atom is 0.0699 e. The SMILES string of the molecule is C/C=C(\C=C/N)c1ccc(-c2ccc3c4ccc(C(/C=C\Cc5ccncc5)=C/N)cc4c4ccccc4c3c2)cn1. The van der Waals surface area contributed by atoms with Crippen LogP contribution in [0.5, 0.6) is 0 Å².